The van der Waals surface area contributed by atoms with Gasteiger partial charge in [0.15, 0.2) is 17.2 Å². The Morgan fingerprint density at radius 1 is 0.343 bits per heavy atom. The molecule has 0 bridgehead atoms. The molecule has 0 aliphatic carbocycles. The van der Waals surface area contributed by atoms with E-state index in [1.165, 1.54) is 0 Å². The third kappa shape index (κ3) is 5.19. The summed E-state index contributed by atoms with van der Waals surface area (Å²) in [4.78, 5) is 21.1. The van der Waals surface area contributed by atoms with Crippen LogP contribution < -0.4 is 0 Å². The van der Waals surface area contributed by atoms with E-state index in [-0.39, 0.29) is 0 Å². The molecule has 0 amide bonds. The topological polar surface area (TPSA) is 101 Å². The Morgan fingerprint density at radius 3 is 1.48 bits per heavy atom. The molecule has 0 N–H and O–H groups in total. The molecule has 0 spiro atoms. The van der Waals surface area contributed by atoms with Crippen molar-refractivity contribution in [1.82, 2.24) is 29.1 Å². The lowest BCUT2D eigenvalue weighted by atomic mass is 10.1. The van der Waals surface area contributed by atoms with Gasteiger partial charge in [0.05, 0.1) is 33.2 Å². The van der Waals surface area contributed by atoms with E-state index in [1.54, 1.807) is 0 Å². The van der Waals surface area contributed by atoms with Gasteiger partial charge in [0.1, 0.15) is 27.8 Å². The minimum Gasteiger partial charge on any atom is -0.455 e. The number of furan rings is 2. The van der Waals surface area contributed by atoms with Crippen LogP contribution >= 0.6 is 0 Å². The van der Waals surface area contributed by atoms with Crippen molar-refractivity contribution >= 4 is 98.6 Å². The Hall–Kier alpha value is -9.34. The van der Waals surface area contributed by atoms with E-state index in [0.29, 0.717) is 34.7 Å². The number of oxazole rings is 1. The van der Waals surface area contributed by atoms with E-state index in [9.17, 15) is 0 Å². The summed E-state index contributed by atoms with van der Waals surface area (Å²) in [5.74, 6) is 1.97. The van der Waals surface area contributed by atoms with E-state index in [1.807, 2.05) is 91.0 Å². The molecule has 0 atom stereocenters. The van der Waals surface area contributed by atoms with E-state index in [4.69, 9.17) is 33.2 Å². The van der Waals surface area contributed by atoms with Crippen LogP contribution in [-0.4, -0.2) is 29.1 Å². The quantitative estimate of drug-likeness (QED) is 0.170. The third-order valence-corrected chi connectivity index (χ3v) is 13.2. The fourth-order valence-corrected chi connectivity index (χ4v) is 10.3. The van der Waals surface area contributed by atoms with Gasteiger partial charge in [-0.15, -0.1) is 0 Å². The van der Waals surface area contributed by atoms with Crippen molar-refractivity contribution in [2.45, 2.75) is 0 Å². The second-order valence-electron chi connectivity index (χ2n) is 16.9. The van der Waals surface area contributed by atoms with Crippen molar-refractivity contribution in [3.8, 4) is 45.9 Å². The van der Waals surface area contributed by atoms with Crippen LogP contribution in [0.1, 0.15) is 0 Å². The Morgan fingerprint density at radius 2 is 0.851 bits per heavy atom. The third-order valence-electron chi connectivity index (χ3n) is 13.2. The molecule has 6 aromatic heterocycles. The first-order valence-corrected chi connectivity index (χ1v) is 22.2. The highest BCUT2D eigenvalue weighted by molar-refractivity contribution is 6.24. The monoisotopic (exact) mass is 860 g/mol. The molecule has 15 rings (SSSR count). The SMILES string of the molecule is c1cc(-c2nc3ccccc3o2)cc(-n2c3ccccc3c3ccc4c5ccccc5n(-c5nc(-c6cccc7c6oc6ccccc67)nc(-c6cccc7c6oc6ccccc67)n5)c4c32)c1. The molecule has 9 aromatic carbocycles. The Balaban J connectivity index is 1.06. The van der Waals surface area contributed by atoms with Gasteiger partial charge in [-0.3, -0.25) is 4.57 Å². The van der Waals surface area contributed by atoms with Crippen molar-refractivity contribution in [3.63, 3.8) is 0 Å². The zero-order valence-corrected chi connectivity index (χ0v) is 35.4. The van der Waals surface area contributed by atoms with Gasteiger partial charge < -0.3 is 17.8 Å². The molecule has 9 heteroatoms. The second-order valence-corrected chi connectivity index (χ2v) is 16.9. The van der Waals surface area contributed by atoms with Crippen LogP contribution in [0, 0.1) is 0 Å². The van der Waals surface area contributed by atoms with E-state index >= 15 is 0 Å². The minimum atomic E-state index is 0.456. The van der Waals surface area contributed by atoms with Crippen LogP contribution in [0.15, 0.2) is 207 Å². The van der Waals surface area contributed by atoms with Gasteiger partial charge in [0.25, 0.3) is 0 Å². The van der Waals surface area contributed by atoms with E-state index in [2.05, 4.69) is 112 Å². The lowest BCUT2D eigenvalue weighted by Crippen LogP contribution is -2.07. The Kier molecular flexibility index (Phi) is 7.31. The van der Waals surface area contributed by atoms with E-state index < -0.39 is 0 Å². The molecule has 0 saturated carbocycles. The number of para-hydroxylation sites is 8. The number of hydrogen-bond acceptors (Lipinski definition) is 7. The first-order valence-electron chi connectivity index (χ1n) is 22.2. The average Bonchev–Trinajstić information content (AvgIpc) is 4.21. The highest BCUT2D eigenvalue weighted by Gasteiger charge is 2.26. The number of nitrogens with zero attached hydrogens (tertiary/aromatic N) is 6. The molecule has 6 heterocycles. The van der Waals surface area contributed by atoms with Crippen LogP contribution in [0.25, 0.3) is 144 Å². The lowest BCUT2D eigenvalue weighted by molar-refractivity contribution is 0.620. The Labute approximate surface area is 379 Å². The van der Waals surface area contributed by atoms with Gasteiger partial charge in [-0.2, -0.15) is 9.97 Å². The summed E-state index contributed by atoms with van der Waals surface area (Å²) in [7, 11) is 0. The fraction of sp³-hybridized carbons (Fsp3) is 0. The zero-order valence-electron chi connectivity index (χ0n) is 35.4. The maximum Gasteiger partial charge on any atom is 0.238 e. The van der Waals surface area contributed by atoms with E-state index in [0.717, 1.165) is 110 Å². The van der Waals surface area contributed by atoms with Crippen molar-refractivity contribution in [1.29, 1.82) is 0 Å². The van der Waals surface area contributed by atoms with Gasteiger partial charge in [0.2, 0.25) is 11.8 Å². The zero-order chi connectivity index (χ0) is 43.7. The van der Waals surface area contributed by atoms with Crippen molar-refractivity contribution in [2.75, 3.05) is 0 Å². The summed E-state index contributed by atoms with van der Waals surface area (Å²) in [6.45, 7) is 0. The standard InChI is InChI=1S/C58H32N6O3/c1-6-25-46-35(16-1)39-30-31-40-36-17-2-7-26-47(36)64(52(40)51(39)63(46)34-15-11-14-33(32-34)57-59-45-24-5-10-29-50(45)67-57)58-61-55(43-22-12-20-41-37-18-3-8-27-48(37)65-53(41)43)60-56(62-58)44-23-13-21-42-38-19-4-9-28-49(38)66-54(42)44/h1-32H. The molecule has 0 aliphatic rings. The Bertz CT molecular complexity index is 4380. The number of aromatic nitrogens is 6. The average molecular weight is 861 g/mol. The predicted octanol–water partition coefficient (Wildman–Crippen LogP) is 15.0. The molecular formula is C58H32N6O3. The summed E-state index contributed by atoms with van der Waals surface area (Å²) < 4.78 is 24.1. The molecule has 0 fully saturated rings. The van der Waals surface area contributed by atoms with Crippen LogP contribution in [0.3, 0.4) is 0 Å². The molecule has 0 unspecified atom stereocenters. The van der Waals surface area contributed by atoms with Gasteiger partial charge in [0, 0.05) is 54.3 Å². The minimum absolute atomic E-state index is 0.456. The van der Waals surface area contributed by atoms with Crippen LogP contribution in [0.5, 0.6) is 0 Å². The second kappa shape index (κ2) is 13.6. The molecular weight excluding hydrogens is 829 g/mol. The van der Waals surface area contributed by atoms with Gasteiger partial charge in [-0.05, 0) is 66.7 Å². The highest BCUT2D eigenvalue weighted by Crippen LogP contribution is 2.43. The van der Waals surface area contributed by atoms with Crippen LogP contribution in [0.4, 0.5) is 0 Å². The normalized spacial score (nSPS) is 12.2. The predicted molar refractivity (Wildman–Crippen MR) is 267 cm³/mol. The van der Waals surface area contributed by atoms with Gasteiger partial charge in [-0.1, -0.05) is 127 Å². The fourth-order valence-electron chi connectivity index (χ4n) is 10.3. The summed E-state index contributed by atoms with van der Waals surface area (Å²) >= 11 is 0. The summed E-state index contributed by atoms with van der Waals surface area (Å²) in [5, 5.41) is 8.36. The van der Waals surface area contributed by atoms with Crippen LogP contribution in [0.2, 0.25) is 0 Å². The smallest absolute Gasteiger partial charge is 0.238 e. The number of hydrogen-bond donors (Lipinski definition) is 0. The molecule has 0 aliphatic heterocycles. The van der Waals surface area contributed by atoms with Crippen LogP contribution in [-0.2, 0) is 0 Å². The molecule has 15 aromatic rings. The molecule has 312 valence electrons. The lowest BCUT2D eigenvalue weighted by Gasteiger charge is -2.14. The summed E-state index contributed by atoms with van der Waals surface area (Å²) in [6.07, 6.45) is 0. The maximum atomic E-state index is 6.64. The molecule has 67 heavy (non-hydrogen) atoms. The van der Waals surface area contributed by atoms with Crippen molar-refractivity contribution in [3.05, 3.63) is 194 Å². The first-order chi connectivity index (χ1) is 33.2. The molecule has 9 nitrogen and oxygen atoms in total. The molecule has 0 radical (unpaired) electrons. The largest absolute Gasteiger partial charge is 0.455 e. The highest BCUT2D eigenvalue weighted by atomic mass is 16.3. The maximum absolute atomic E-state index is 6.64. The number of fused-ring (bicyclic) bond motifs is 14. The van der Waals surface area contributed by atoms with Gasteiger partial charge >= 0.3 is 0 Å². The van der Waals surface area contributed by atoms with Gasteiger partial charge in [-0.25, -0.2) is 9.97 Å². The van der Waals surface area contributed by atoms with Crippen molar-refractivity contribution < 1.29 is 13.3 Å². The summed E-state index contributed by atoms with van der Waals surface area (Å²) in [5.41, 5.74) is 11.9. The number of benzene rings is 9. The first kappa shape index (κ1) is 36.0. The van der Waals surface area contributed by atoms with Crippen molar-refractivity contribution in [2.24, 2.45) is 0 Å². The molecule has 0 saturated heterocycles. The number of rotatable bonds is 5. The summed E-state index contributed by atoms with van der Waals surface area (Å²) in [6, 6.07) is 66.3.